The standard InChI is InChI=1S/C16H17N3O2/c1-11(19-16-7-4-12(9-17)10-18-16)13-5-6-14(20-2)15(8-13)21-3/h4-8,10-11H,1-3H3,(H,18,19). The van der Waals surface area contributed by atoms with Gasteiger partial charge in [-0.15, -0.1) is 0 Å². The average molecular weight is 283 g/mol. The highest BCUT2D eigenvalue weighted by molar-refractivity contribution is 5.46. The van der Waals surface area contributed by atoms with E-state index in [4.69, 9.17) is 14.7 Å². The fraction of sp³-hybridized carbons (Fsp3) is 0.250. The zero-order valence-electron chi connectivity index (χ0n) is 12.3. The van der Waals surface area contributed by atoms with Gasteiger partial charge in [-0.2, -0.15) is 5.26 Å². The van der Waals surface area contributed by atoms with Crippen LogP contribution in [0.3, 0.4) is 0 Å². The summed E-state index contributed by atoms with van der Waals surface area (Å²) < 4.78 is 10.5. The molecule has 1 heterocycles. The van der Waals surface area contributed by atoms with E-state index in [1.807, 2.05) is 31.2 Å². The predicted molar refractivity (Wildman–Crippen MR) is 80.5 cm³/mol. The van der Waals surface area contributed by atoms with Crippen molar-refractivity contribution in [2.75, 3.05) is 19.5 Å². The molecule has 0 aliphatic carbocycles. The second-order valence-corrected chi connectivity index (χ2v) is 4.52. The Morgan fingerprint density at radius 1 is 1.14 bits per heavy atom. The van der Waals surface area contributed by atoms with Gasteiger partial charge in [0.25, 0.3) is 0 Å². The molecule has 0 radical (unpaired) electrons. The molecule has 1 aromatic carbocycles. The highest BCUT2D eigenvalue weighted by Gasteiger charge is 2.10. The van der Waals surface area contributed by atoms with Gasteiger partial charge in [0.1, 0.15) is 11.9 Å². The fourth-order valence-corrected chi connectivity index (χ4v) is 1.97. The molecule has 0 amide bonds. The first-order chi connectivity index (χ1) is 10.2. The van der Waals surface area contributed by atoms with Crippen LogP contribution in [-0.2, 0) is 0 Å². The number of benzene rings is 1. The number of hydrogen-bond acceptors (Lipinski definition) is 5. The second-order valence-electron chi connectivity index (χ2n) is 4.52. The summed E-state index contributed by atoms with van der Waals surface area (Å²) in [6.45, 7) is 2.03. The van der Waals surface area contributed by atoms with Crippen LogP contribution in [0.15, 0.2) is 36.5 Å². The molecule has 0 saturated carbocycles. The first kappa shape index (κ1) is 14.7. The van der Waals surface area contributed by atoms with Gasteiger partial charge in [-0.3, -0.25) is 0 Å². The fourth-order valence-electron chi connectivity index (χ4n) is 1.97. The Balaban J connectivity index is 2.15. The molecule has 21 heavy (non-hydrogen) atoms. The minimum Gasteiger partial charge on any atom is -0.493 e. The number of nitrogens with zero attached hydrogens (tertiary/aromatic N) is 2. The number of pyridine rings is 1. The number of hydrogen-bond donors (Lipinski definition) is 1. The molecule has 1 atom stereocenters. The van der Waals surface area contributed by atoms with Gasteiger partial charge in [-0.05, 0) is 36.8 Å². The molecule has 2 rings (SSSR count). The Kier molecular flexibility index (Phi) is 4.62. The number of methoxy groups -OCH3 is 2. The van der Waals surface area contributed by atoms with Crippen LogP contribution in [-0.4, -0.2) is 19.2 Å². The summed E-state index contributed by atoms with van der Waals surface area (Å²) in [7, 11) is 3.22. The van der Waals surface area contributed by atoms with Gasteiger partial charge in [0, 0.05) is 6.20 Å². The van der Waals surface area contributed by atoms with E-state index in [9.17, 15) is 0 Å². The zero-order valence-corrected chi connectivity index (χ0v) is 12.3. The van der Waals surface area contributed by atoms with Crippen LogP contribution in [0.4, 0.5) is 5.82 Å². The molecule has 1 N–H and O–H groups in total. The van der Waals surface area contributed by atoms with Crippen LogP contribution >= 0.6 is 0 Å². The van der Waals surface area contributed by atoms with Crippen LogP contribution in [0.25, 0.3) is 0 Å². The summed E-state index contributed by atoms with van der Waals surface area (Å²) >= 11 is 0. The van der Waals surface area contributed by atoms with Gasteiger partial charge in [-0.1, -0.05) is 6.07 Å². The Hall–Kier alpha value is -2.74. The third-order valence-electron chi connectivity index (χ3n) is 3.16. The summed E-state index contributed by atoms with van der Waals surface area (Å²) in [5.74, 6) is 2.11. The molecule has 0 bridgehead atoms. The monoisotopic (exact) mass is 283 g/mol. The number of rotatable bonds is 5. The maximum absolute atomic E-state index is 8.76. The van der Waals surface area contributed by atoms with Gasteiger partial charge < -0.3 is 14.8 Å². The molecule has 1 aromatic heterocycles. The molecule has 5 heteroatoms. The number of aromatic nitrogens is 1. The normalized spacial score (nSPS) is 11.3. The maximum atomic E-state index is 8.76. The van der Waals surface area contributed by atoms with Gasteiger partial charge in [0.15, 0.2) is 11.5 Å². The summed E-state index contributed by atoms with van der Waals surface area (Å²) in [5, 5.41) is 12.0. The van der Waals surface area contributed by atoms with Crippen molar-refractivity contribution in [3.63, 3.8) is 0 Å². The zero-order chi connectivity index (χ0) is 15.2. The summed E-state index contributed by atoms with van der Waals surface area (Å²) in [6, 6.07) is 11.4. The van der Waals surface area contributed by atoms with E-state index >= 15 is 0 Å². The van der Waals surface area contributed by atoms with Crippen LogP contribution in [0, 0.1) is 11.3 Å². The predicted octanol–water partition coefficient (Wildman–Crippen LogP) is 3.14. The smallest absolute Gasteiger partial charge is 0.161 e. The summed E-state index contributed by atoms with van der Waals surface area (Å²) in [4.78, 5) is 4.20. The van der Waals surface area contributed by atoms with Gasteiger partial charge >= 0.3 is 0 Å². The number of nitriles is 1. The van der Waals surface area contributed by atoms with Gasteiger partial charge in [0.2, 0.25) is 0 Å². The van der Waals surface area contributed by atoms with E-state index in [1.165, 1.54) is 0 Å². The summed E-state index contributed by atoms with van der Waals surface area (Å²) in [6.07, 6.45) is 1.55. The van der Waals surface area contributed by atoms with Crippen molar-refractivity contribution in [3.8, 4) is 17.6 Å². The molecular weight excluding hydrogens is 266 g/mol. The first-order valence-electron chi connectivity index (χ1n) is 6.52. The topological polar surface area (TPSA) is 67.2 Å². The van der Waals surface area contributed by atoms with Crippen molar-refractivity contribution >= 4 is 5.82 Å². The maximum Gasteiger partial charge on any atom is 0.161 e. The Morgan fingerprint density at radius 2 is 1.90 bits per heavy atom. The van der Waals surface area contributed by atoms with E-state index in [2.05, 4.69) is 10.3 Å². The number of ether oxygens (including phenoxy) is 2. The van der Waals surface area contributed by atoms with E-state index in [0.29, 0.717) is 17.1 Å². The lowest BCUT2D eigenvalue weighted by Gasteiger charge is -2.17. The van der Waals surface area contributed by atoms with Crippen molar-refractivity contribution in [1.82, 2.24) is 4.98 Å². The van der Waals surface area contributed by atoms with E-state index in [-0.39, 0.29) is 6.04 Å². The molecular formula is C16H17N3O2. The van der Waals surface area contributed by atoms with Crippen molar-refractivity contribution in [3.05, 3.63) is 47.7 Å². The van der Waals surface area contributed by atoms with Crippen LogP contribution in [0.5, 0.6) is 11.5 Å². The average Bonchev–Trinajstić information content (AvgIpc) is 2.54. The third-order valence-corrected chi connectivity index (χ3v) is 3.16. The second kappa shape index (κ2) is 6.62. The van der Waals surface area contributed by atoms with Crippen LogP contribution in [0.2, 0.25) is 0 Å². The molecule has 0 fully saturated rings. The largest absolute Gasteiger partial charge is 0.493 e. The number of nitrogens with one attached hydrogen (secondary N) is 1. The third kappa shape index (κ3) is 3.42. The molecule has 108 valence electrons. The lowest BCUT2D eigenvalue weighted by molar-refractivity contribution is 0.354. The van der Waals surface area contributed by atoms with Gasteiger partial charge in [-0.25, -0.2) is 4.98 Å². The van der Waals surface area contributed by atoms with E-state index in [0.717, 1.165) is 11.4 Å². The highest BCUT2D eigenvalue weighted by Crippen LogP contribution is 2.30. The quantitative estimate of drug-likeness (QED) is 0.913. The Morgan fingerprint density at radius 3 is 2.48 bits per heavy atom. The molecule has 0 aliphatic rings. The van der Waals surface area contributed by atoms with Crippen LogP contribution in [0.1, 0.15) is 24.1 Å². The van der Waals surface area contributed by atoms with Crippen molar-refractivity contribution in [2.45, 2.75) is 13.0 Å². The number of anilines is 1. The summed E-state index contributed by atoms with van der Waals surface area (Å²) in [5.41, 5.74) is 1.60. The molecule has 1 unspecified atom stereocenters. The lowest BCUT2D eigenvalue weighted by atomic mass is 10.1. The van der Waals surface area contributed by atoms with E-state index in [1.54, 1.807) is 32.5 Å². The lowest BCUT2D eigenvalue weighted by Crippen LogP contribution is -2.08. The molecule has 5 nitrogen and oxygen atoms in total. The Labute approximate surface area is 124 Å². The first-order valence-corrected chi connectivity index (χ1v) is 6.52. The van der Waals surface area contributed by atoms with Crippen molar-refractivity contribution in [2.24, 2.45) is 0 Å². The molecule has 0 spiro atoms. The minimum atomic E-state index is 0.0465. The minimum absolute atomic E-state index is 0.0465. The van der Waals surface area contributed by atoms with Crippen molar-refractivity contribution < 1.29 is 9.47 Å². The molecule has 0 aliphatic heterocycles. The highest BCUT2D eigenvalue weighted by atomic mass is 16.5. The van der Waals surface area contributed by atoms with E-state index < -0.39 is 0 Å². The SMILES string of the molecule is COc1ccc(C(C)Nc2ccc(C#N)cn2)cc1OC. The molecule has 0 saturated heterocycles. The molecule has 2 aromatic rings. The van der Waals surface area contributed by atoms with Crippen molar-refractivity contribution in [1.29, 1.82) is 5.26 Å². The Bertz CT molecular complexity index is 648. The van der Waals surface area contributed by atoms with Gasteiger partial charge in [0.05, 0.1) is 25.8 Å². The van der Waals surface area contributed by atoms with Crippen LogP contribution < -0.4 is 14.8 Å².